The molecular formula is C28H36F3N3OS. The molecule has 0 aromatic heterocycles. The minimum Gasteiger partial charge on any atom is -0.341 e. The summed E-state index contributed by atoms with van der Waals surface area (Å²) in [7, 11) is 0. The Bertz CT molecular complexity index is 1030. The SMILES string of the molecule is CCCCCCC(=O)N1CCCN(CCCN2c3ccccc3Sc3ccc(C(F)(F)F)cc32)CC1. The first-order chi connectivity index (χ1) is 17.4. The van der Waals surface area contributed by atoms with Gasteiger partial charge in [-0.2, -0.15) is 13.2 Å². The van der Waals surface area contributed by atoms with E-state index in [0.29, 0.717) is 18.7 Å². The number of benzene rings is 2. The predicted octanol–water partition coefficient (Wildman–Crippen LogP) is 7.20. The lowest BCUT2D eigenvalue weighted by Gasteiger charge is -2.34. The van der Waals surface area contributed by atoms with Gasteiger partial charge in [-0.15, -0.1) is 0 Å². The van der Waals surface area contributed by atoms with Gasteiger partial charge in [0, 0.05) is 42.4 Å². The zero-order chi connectivity index (χ0) is 25.5. The number of unbranched alkanes of at least 4 members (excludes halogenated alkanes) is 3. The number of nitrogens with zero attached hydrogens (tertiary/aromatic N) is 3. The van der Waals surface area contributed by atoms with Gasteiger partial charge >= 0.3 is 6.18 Å². The van der Waals surface area contributed by atoms with Gasteiger partial charge in [0.25, 0.3) is 0 Å². The fourth-order valence-corrected chi connectivity index (χ4v) is 6.08. The number of rotatable bonds is 9. The summed E-state index contributed by atoms with van der Waals surface area (Å²) in [5, 5.41) is 0. The van der Waals surface area contributed by atoms with Crippen LogP contribution in [0, 0.1) is 0 Å². The Morgan fingerprint density at radius 2 is 1.69 bits per heavy atom. The zero-order valence-corrected chi connectivity index (χ0v) is 21.8. The monoisotopic (exact) mass is 519 g/mol. The number of halogens is 3. The van der Waals surface area contributed by atoms with Crippen LogP contribution in [0.3, 0.4) is 0 Å². The summed E-state index contributed by atoms with van der Waals surface area (Å²) in [5.41, 5.74) is 0.979. The van der Waals surface area contributed by atoms with Crippen LogP contribution in [0.4, 0.5) is 24.5 Å². The Kier molecular flexibility index (Phi) is 9.23. The van der Waals surface area contributed by atoms with Crippen LogP contribution in [0.15, 0.2) is 52.3 Å². The van der Waals surface area contributed by atoms with Gasteiger partial charge in [-0.05, 0) is 62.7 Å². The first kappa shape index (κ1) is 26.9. The van der Waals surface area contributed by atoms with Crippen molar-refractivity contribution in [2.75, 3.05) is 44.2 Å². The Morgan fingerprint density at radius 1 is 0.889 bits per heavy atom. The summed E-state index contributed by atoms with van der Waals surface area (Å²) >= 11 is 1.52. The standard InChI is InChI=1S/C28H36F3N3OS/c1-2-3-4-5-12-27(35)33-17-8-15-32(19-20-33)16-9-18-34-23-10-6-7-11-25(23)36-26-14-13-22(21-24(26)34)28(29,30)31/h6-7,10-11,13-14,21H,2-5,8-9,12,15-20H2,1H3. The van der Waals surface area contributed by atoms with Gasteiger partial charge in [-0.1, -0.05) is 50.1 Å². The van der Waals surface area contributed by atoms with E-state index in [9.17, 15) is 18.0 Å². The highest BCUT2D eigenvalue weighted by atomic mass is 32.2. The highest BCUT2D eigenvalue weighted by Crippen LogP contribution is 2.49. The number of fused-ring (bicyclic) bond motifs is 2. The van der Waals surface area contributed by atoms with Crippen molar-refractivity contribution < 1.29 is 18.0 Å². The first-order valence-corrected chi connectivity index (χ1v) is 13.9. The van der Waals surface area contributed by atoms with E-state index in [1.165, 1.54) is 36.7 Å². The Morgan fingerprint density at radius 3 is 2.50 bits per heavy atom. The fourth-order valence-electron chi connectivity index (χ4n) is 5.00. The third-order valence-corrected chi connectivity index (χ3v) is 8.12. The Labute approximate surface area is 216 Å². The molecule has 0 unspecified atom stereocenters. The molecule has 0 atom stereocenters. The van der Waals surface area contributed by atoms with Gasteiger partial charge in [0.05, 0.1) is 16.9 Å². The van der Waals surface area contributed by atoms with Crippen LogP contribution in [0.25, 0.3) is 0 Å². The molecule has 2 heterocycles. The van der Waals surface area contributed by atoms with Crippen LogP contribution in [-0.2, 0) is 11.0 Å². The molecule has 0 bridgehead atoms. The first-order valence-electron chi connectivity index (χ1n) is 13.1. The molecule has 1 saturated heterocycles. The molecule has 2 aliphatic rings. The van der Waals surface area contributed by atoms with Crippen LogP contribution in [0.1, 0.15) is 57.4 Å². The Balaban J connectivity index is 1.36. The lowest BCUT2D eigenvalue weighted by Crippen LogP contribution is -2.35. The van der Waals surface area contributed by atoms with E-state index in [2.05, 4.69) is 11.8 Å². The maximum atomic E-state index is 13.4. The smallest absolute Gasteiger partial charge is 0.341 e. The van der Waals surface area contributed by atoms with Crippen LogP contribution in [0.2, 0.25) is 0 Å². The average molecular weight is 520 g/mol. The molecule has 0 spiro atoms. The molecule has 1 fully saturated rings. The van der Waals surface area contributed by atoms with Gasteiger partial charge in [0.2, 0.25) is 5.91 Å². The van der Waals surface area contributed by atoms with Crippen molar-refractivity contribution in [3.8, 4) is 0 Å². The van der Waals surface area contributed by atoms with Crippen molar-refractivity contribution in [3.63, 3.8) is 0 Å². The lowest BCUT2D eigenvalue weighted by atomic mass is 10.1. The number of amides is 1. The number of alkyl halides is 3. The zero-order valence-electron chi connectivity index (χ0n) is 21.0. The normalized spacial score (nSPS) is 16.4. The van der Waals surface area contributed by atoms with E-state index in [4.69, 9.17) is 0 Å². The number of hydrogen-bond acceptors (Lipinski definition) is 4. The summed E-state index contributed by atoms with van der Waals surface area (Å²) < 4.78 is 40.3. The molecule has 196 valence electrons. The minimum atomic E-state index is -4.37. The molecular weight excluding hydrogens is 483 g/mol. The molecule has 2 aromatic rings. The van der Waals surface area contributed by atoms with Crippen LogP contribution in [0.5, 0.6) is 0 Å². The van der Waals surface area contributed by atoms with Crippen molar-refractivity contribution in [2.24, 2.45) is 0 Å². The number of anilines is 2. The van der Waals surface area contributed by atoms with Crippen LogP contribution >= 0.6 is 11.8 Å². The summed E-state index contributed by atoms with van der Waals surface area (Å²) in [6, 6.07) is 12.0. The van der Waals surface area contributed by atoms with Gasteiger partial charge in [0.1, 0.15) is 0 Å². The second-order valence-electron chi connectivity index (χ2n) is 9.64. The largest absolute Gasteiger partial charge is 0.416 e. The van der Waals surface area contributed by atoms with Crippen molar-refractivity contribution in [3.05, 3.63) is 48.0 Å². The van der Waals surface area contributed by atoms with Gasteiger partial charge in [0.15, 0.2) is 0 Å². The molecule has 4 nitrogen and oxygen atoms in total. The van der Waals surface area contributed by atoms with Gasteiger partial charge in [-0.25, -0.2) is 0 Å². The Hall–Kier alpha value is -2.19. The maximum absolute atomic E-state index is 13.4. The minimum absolute atomic E-state index is 0.271. The van der Waals surface area contributed by atoms with Crippen LogP contribution in [-0.4, -0.2) is 55.0 Å². The number of carbonyl (C=O) groups is 1. The van der Waals surface area contributed by atoms with Gasteiger partial charge < -0.3 is 14.7 Å². The molecule has 2 aliphatic heterocycles. The number of para-hydroxylation sites is 1. The predicted molar refractivity (Wildman–Crippen MR) is 140 cm³/mol. The van der Waals surface area contributed by atoms with E-state index in [1.54, 1.807) is 6.07 Å². The molecule has 0 saturated carbocycles. The number of hydrogen-bond donors (Lipinski definition) is 0. The quantitative estimate of drug-likeness (QED) is 0.327. The number of carbonyl (C=O) groups excluding carboxylic acids is 1. The highest BCUT2D eigenvalue weighted by Gasteiger charge is 2.33. The highest BCUT2D eigenvalue weighted by molar-refractivity contribution is 7.99. The molecule has 0 N–H and O–H groups in total. The molecule has 0 radical (unpaired) electrons. The third kappa shape index (κ3) is 6.76. The van der Waals surface area contributed by atoms with Crippen molar-refractivity contribution >= 4 is 29.0 Å². The summed E-state index contributed by atoms with van der Waals surface area (Å²) in [5.74, 6) is 0.271. The molecule has 4 rings (SSSR count). The second-order valence-corrected chi connectivity index (χ2v) is 10.7. The summed E-state index contributed by atoms with van der Waals surface area (Å²) in [4.78, 5) is 21.0. The molecule has 0 aliphatic carbocycles. The van der Waals surface area contributed by atoms with E-state index >= 15 is 0 Å². The van der Waals surface area contributed by atoms with E-state index in [0.717, 1.165) is 73.9 Å². The molecule has 8 heteroatoms. The fraction of sp³-hybridized carbons (Fsp3) is 0.536. The van der Waals surface area contributed by atoms with E-state index < -0.39 is 11.7 Å². The van der Waals surface area contributed by atoms with Crippen molar-refractivity contribution in [2.45, 2.75) is 67.8 Å². The second kappa shape index (κ2) is 12.4. The summed E-state index contributed by atoms with van der Waals surface area (Å²) in [6.45, 7) is 7.04. The van der Waals surface area contributed by atoms with Crippen molar-refractivity contribution in [1.29, 1.82) is 0 Å². The maximum Gasteiger partial charge on any atom is 0.416 e. The van der Waals surface area contributed by atoms with Crippen LogP contribution < -0.4 is 4.90 Å². The third-order valence-electron chi connectivity index (χ3n) is 6.99. The van der Waals surface area contributed by atoms with E-state index in [-0.39, 0.29) is 5.91 Å². The molecule has 2 aromatic carbocycles. The summed E-state index contributed by atoms with van der Waals surface area (Å²) in [6.07, 6.45) is 2.52. The van der Waals surface area contributed by atoms with Crippen molar-refractivity contribution in [1.82, 2.24) is 9.80 Å². The van der Waals surface area contributed by atoms with E-state index in [1.807, 2.05) is 34.1 Å². The van der Waals surface area contributed by atoms with Gasteiger partial charge in [-0.3, -0.25) is 4.79 Å². The lowest BCUT2D eigenvalue weighted by molar-refractivity contribution is -0.137. The molecule has 36 heavy (non-hydrogen) atoms. The average Bonchev–Trinajstić information content (AvgIpc) is 3.11. The topological polar surface area (TPSA) is 26.8 Å². The molecule has 1 amide bonds.